The first kappa shape index (κ1) is 17.6. The minimum absolute atomic E-state index is 0.149. The molecule has 0 bridgehead atoms. The third-order valence-corrected chi connectivity index (χ3v) is 3.11. The molecule has 21 heavy (non-hydrogen) atoms. The number of rotatable bonds is 8. The van der Waals surface area contributed by atoms with Crippen LogP contribution >= 0.6 is 11.6 Å². The van der Waals surface area contributed by atoms with Gasteiger partial charge < -0.3 is 20.1 Å². The van der Waals surface area contributed by atoms with E-state index in [1.807, 2.05) is 14.0 Å². The predicted molar refractivity (Wildman–Crippen MR) is 84.2 cm³/mol. The molecular weight excluding hydrogens is 292 g/mol. The summed E-state index contributed by atoms with van der Waals surface area (Å²) >= 11 is 6.06. The van der Waals surface area contributed by atoms with Gasteiger partial charge in [0.1, 0.15) is 0 Å². The smallest absolute Gasteiger partial charge is 0.260 e. The fourth-order valence-corrected chi connectivity index (χ4v) is 2.08. The summed E-state index contributed by atoms with van der Waals surface area (Å²) in [5.41, 5.74) is 0.844. The number of carbonyl (C=O) groups excluding carboxylic acids is 1. The van der Waals surface area contributed by atoms with E-state index in [-0.39, 0.29) is 5.91 Å². The number of benzene rings is 1. The van der Waals surface area contributed by atoms with Gasteiger partial charge in [0, 0.05) is 29.7 Å². The number of hydrogen-bond acceptors (Lipinski definition) is 4. The van der Waals surface area contributed by atoms with Crippen molar-refractivity contribution >= 4 is 17.5 Å². The Balaban J connectivity index is 2.96. The van der Waals surface area contributed by atoms with E-state index in [9.17, 15) is 4.79 Å². The van der Waals surface area contributed by atoms with E-state index < -0.39 is 6.10 Å². The van der Waals surface area contributed by atoms with E-state index in [0.717, 1.165) is 12.0 Å². The van der Waals surface area contributed by atoms with Crippen LogP contribution in [0.3, 0.4) is 0 Å². The molecule has 0 aliphatic carbocycles. The van der Waals surface area contributed by atoms with Crippen molar-refractivity contribution < 1.29 is 14.3 Å². The Bertz CT molecular complexity index is 480. The summed E-state index contributed by atoms with van der Waals surface area (Å²) < 4.78 is 11.1. The first-order valence-electron chi connectivity index (χ1n) is 6.98. The molecule has 1 unspecified atom stereocenters. The van der Waals surface area contributed by atoms with Crippen LogP contribution in [0.15, 0.2) is 12.1 Å². The number of carbonyl (C=O) groups is 1. The zero-order valence-corrected chi connectivity index (χ0v) is 13.7. The summed E-state index contributed by atoms with van der Waals surface area (Å²) in [6, 6.07) is 3.47. The highest BCUT2D eigenvalue weighted by atomic mass is 35.5. The van der Waals surface area contributed by atoms with Crippen LogP contribution in [-0.4, -0.2) is 32.7 Å². The standard InChI is InChI=1S/C15H23ClN2O3/c1-5-6-18-15(19)10(2)21-14-11(9-17-3)7-12(16)8-13(14)20-4/h7-8,10,17H,5-6,9H2,1-4H3,(H,18,19). The SMILES string of the molecule is CCCNC(=O)C(C)Oc1c(CNC)cc(Cl)cc1OC. The van der Waals surface area contributed by atoms with Gasteiger partial charge >= 0.3 is 0 Å². The van der Waals surface area contributed by atoms with Gasteiger partial charge in [-0.1, -0.05) is 18.5 Å². The van der Waals surface area contributed by atoms with Gasteiger partial charge in [0.25, 0.3) is 5.91 Å². The maximum atomic E-state index is 11.9. The number of hydrogen-bond donors (Lipinski definition) is 2. The number of methoxy groups -OCH3 is 1. The van der Waals surface area contributed by atoms with Crippen LogP contribution in [0.4, 0.5) is 0 Å². The molecule has 1 amide bonds. The zero-order chi connectivity index (χ0) is 15.8. The molecule has 0 aromatic heterocycles. The lowest BCUT2D eigenvalue weighted by molar-refractivity contribution is -0.127. The van der Waals surface area contributed by atoms with Crippen LogP contribution in [0.25, 0.3) is 0 Å². The Morgan fingerprint density at radius 1 is 1.43 bits per heavy atom. The van der Waals surface area contributed by atoms with E-state index in [2.05, 4.69) is 10.6 Å². The molecular formula is C15H23ClN2O3. The van der Waals surface area contributed by atoms with E-state index in [0.29, 0.717) is 29.6 Å². The van der Waals surface area contributed by atoms with Gasteiger partial charge in [-0.2, -0.15) is 0 Å². The summed E-state index contributed by atoms with van der Waals surface area (Å²) in [6.07, 6.45) is 0.274. The third kappa shape index (κ3) is 5.10. The molecule has 0 spiro atoms. The first-order valence-corrected chi connectivity index (χ1v) is 7.36. The van der Waals surface area contributed by atoms with Crippen LogP contribution < -0.4 is 20.1 Å². The predicted octanol–water partition coefficient (Wildman–Crippen LogP) is 2.36. The molecule has 1 rings (SSSR count). The molecule has 2 N–H and O–H groups in total. The Morgan fingerprint density at radius 3 is 2.71 bits per heavy atom. The fourth-order valence-electron chi connectivity index (χ4n) is 1.85. The summed E-state index contributed by atoms with van der Waals surface area (Å²) in [7, 11) is 3.37. The number of halogens is 1. The highest BCUT2D eigenvalue weighted by molar-refractivity contribution is 6.30. The van der Waals surface area contributed by atoms with Gasteiger partial charge in [0.2, 0.25) is 0 Å². The quantitative estimate of drug-likeness (QED) is 0.773. The van der Waals surface area contributed by atoms with Gasteiger partial charge in [0.15, 0.2) is 17.6 Å². The number of nitrogens with one attached hydrogen (secondary N) is 2. The molecule has 0 aliphatic heterocycles. The van der Waals surface area contributed by atoms with Crippen molar-refractivity contribution in [1.82, 2.24) is 10.6 Å². The van der Waals surface area contributed by atoms with Crippen LogP contribution in [-0.2, 0) is 11.3 Å². The molecule has 1 atom stereocenters. The Hall–Kier alpha value is -1.46. The summed E-state index contributed by atoms with van der Waals surface area (Å²) in [6.45, 7) is 4.91. The van der Waals surface area contributed by atoms with Crippen molar-refractivity contribution in [1.29, 1.82) is 0 Å². The minimum atomic E-state index is -0.609. The molecule has 0 aliphatic rings. The van der Waals surface area contributed by atoms with Crippen LogP contribution in [0.2, 0.25) is 5.02 Å². The fraction of sp³-hybridized carbons (Fsp3) is 0.533. The van der Waals surface area contributed by atoms with Gasteiger partial charge in [-0.15, -0.1) is 0 Å². The third-order valence-electron chi connectivity index (χ3n) is 2.90. The molecule has 0 heterocycles. The Morgan fingerprint density at radius 2 is 2.14 bits per heavy atom. The molecule has 0 saturated carbocycles. The molecule has 118 valence electrons. The maximum Gasteiger partial charge on any atom is 0.260 e. The normalized spacial score (nSPS) is 11.9. The Labute approximate surface area is 131 Å². The van der Waals surface area contributed by atoms with Gasteiger partial charge in [0.05, 0.1) is 7.11 Å². The number of ether oxygens (including phenoxy) is 2. The van der Waals surface area contributed by atoms with Crippen molar-refractivity contribution in [2.24, 2.45) is 0 Å². The summed E-state index contributed by atoms with van der Waals surface area (Å²) in [5.74, 6) is 0.905. The molecule has 0 radical (unpaired) electrons. The molecule has 5 nitrogen and oxygen atoms in total. The number of amides is 1. The molecule has 6 heteroatoms. The van der Waals surface area contributed by atoms with Crippen molar-refractivity contribution in [3.05, 3.63) is 22.7 Å². The van der Waals surface area contributed by atoms with Crippen molar-refractivity contribution in [2.45, 2.75) is 32.9 Å². The monoisotopic (exact) mass is 314 g/mol. The zero-order valence-electron chi connectivity index (χ0n) is 13.0. The van der Waals surface area contributed by atoms with E-state index >= 15 is 0 Å². The van der Waals surface area contributed by atoms with E-state index in [4.69, 9.17) is 21.1 Å². The lowest BCUT2D eigenvalue weighted by atomic mass is 10.1. The summed E-state index contributed by atoms with van der Waals surface area (Å²) in [5, 5.41) is 6.41. The second kappa shape index (κ2) is 8.74. The average Bonchev–Trinajstić information content (AvgIpc) is 2.47. The summed E-state index contributed by atoms with van der Waals surface area (Å²) in [4.78, 5) is 11.9. The van der Waals surface area contributed by atoms with Crippen molar-refractivity contribution in [2.75, 3.05) is 20.7 Å². The van der Waals surface area contributed by atoms with Crippen molar-refractivity contribution in [3.8, 4) is 11.5 Å². The second-order valence-electron chi connectivity index (χ2n) is 4.68. The van der Waals surface area contributed by atoms with Gasteiger partial charge in [-0.05, 0) is 26.5 Å². The molecule has 1 aromatic rings. The lowest BCUT2D eigenvalue weighted by Gasteiger charge is -2.19. The van der Waals surface area contributed by atoms with Crippen molar-refractivity contribution in [3.63, 3.8) is 0 Å². The minimum Gasteiger partial charge on any atom is -0.493 e. The van der Waals surface area contributed by atoms with Crippen LogP contribution in [0, 0.1) is 0 Å². The first-order chi connectivity index (χ1) is 10.0. The van der Waals surface area contributed by atoms with Crippen LogP contribution in [0.1, 0.15) is 25.8 Å². The van der Waals surface area contributed by atoms with Crippen LogP contribution in [0.5, 0.6) is 11.5 Å². The lowest BCUT2D eigenvalue weighted by Crippen LogP contribution is -2.37. The van der Waals surface area contributed by atoms with E-state index in [1.54, 1.807) is 26.2 Å². The molecule has 0 saturated heterocycles. The van der Waals surface area contributed by atoms with Gasteiger partial charge in [-0.25, -0.2) is 0 Å². The Kier molecular flexibility index (Phi) is 7.32. The maximum absolute atomic E-state index is 11.9. The largest absolute Gasteiger partial charge is 0.493 e. The highest BCUT2D eigenvalue weighted by Crippen LogP contribution is 2.35. The average molecular weight is 315 g/mol. The van der Waals surface area contributed by atoms with Gasteiger partial charge in [-0.3, -0.25) is 4.79 Å². The molecule has 0 fully saturated rings. The van der Waals surface area contributed by atoms with E-state index in [1.165, 1.54) is 0 Å². The topological polar surface area (TPSA) is 59.6 Å². The molecule has 1 aromatic carbocycles. The second-order valence-corrected chi connectivity index (χ2v) is 5.11. The highest BCUT2D eigenvalue weighted by Gasteiger charge is 2.19.